The van der Waals surface area contributed by atoms with Gasteiger partial charge in [-0.25, -0.2) is 4.98 Å². The normalized spacial score (nSPS) is 12.2. The van der Waals surface area contributed by atoms with Crippen LogP contribution in [-0.2, 0) is 0 Å². The zero-order valence-electron chi connectivity index (χ0n) is 11.6. The van der Waals surface area contributed by atoms with Crippen LogP contribution in [0.3, 0.4) is 0 Å². The molecule has 1 heterocycles. The fourth-order valence-electron chi connectivity index (χ4n) is 1.88. The molecule has 2 aromatic rings. The first-order valence-electron chi connectivity index (χ1n) is 6.60. The van der Waals surface area contributed by atoms with E-state index in [-0.39, 0.29) is 12.1 Å². The summed E-state index contributed by atoms with van der Waals surface area (Å²) >= 11 is 0. The van der Waals surface area contributed by atoms with Gasteiger partial charge in [0.05, 0.1) is 11.8 Å². The molecule has 1 unspecified atom stereocenters. The van der Waals surface area contributed by atoms with Crippen molar-refractivity contribution in [1.29, 1.82) is 0 Å². The molecule has 1 N–H and O–H groups in total. The van der Waals surface area contributed by atoms with E-state index in [4.69, 9.17) is 4.74 Å². The third kappa shape index (κ3) is 3.71. The number of anilines is 1. The lowest BCUT2D eigenvalue weighted by Crippen LogP contribution is -2.12. The van der Waals surface area contributed by atoms with Crippen molar-refractivity contribution in [2.45, 2.75) is 32.9 Å². The Morgan fingerprint density at radius 1 is 1.00 bits per heavy atom. The molecule has 3 heteroatoms. The van der Waals surface area contributed by atoms with Crippen molar-refractivity contribution in [3.05, 3.63) is 54.2 Å². The van der Waals surface area contributed by atoms with Crippen molar-refractivity contribution in [1.82, 2.24) is 4.98 Å². The van der Waals surface area contributed by atoms with E-state index in [2.05, 4.69) is 29.4 Å². The molecule has 0 spiro atoms. The third-order valence-electron chi connectivity index (χ3n) is 2.79. The average Bonchev–Trinajstić information content (AvgIpc) is 2.41. The number of nitrogens with one attached hydrogen (secondary N) is 1. The first-order chi connectivity index (χ1) is 9.16. The van der Waals surface area contributed by atoms with Crippen LogP contribution in [-0.4, -0.2) is 11.1 Å². The molecule has 100 valence electrons. The van der Waals surface area contributed by atoms with Crippen molar-refractivity contribution in [3.8, 4) is 5.88 Å². The molecule has 0 saturated heterocycles. The number of ether oxygens (including phenoxy) is 1. The second-order valence-corrected chi connectivity index (χ2v) is 4.80. The van der Waals surface area contributed by atoms with Crippen LogP contribution < -0.4 is 10.1 Å². The summed E-state index contributed by atoms with van der Waals surface area (Å²) in [6, 6.07) is 14.4. The van der Waals surface area contributed by atoms with Crippen LogP contribution >= 0.6 is 0 Å². The van der Waals surface area contributed by atoms with Gasteiger partial charge in [-0.2, -0.15) is 0 Å². The summed E-state index contributed by atoms with van der Waals surface area (Å²) in [6.07, 6.45) is 1.86. The molecule has 0 aliphatic rings. The van der Waals surface area contributed by atoms with Gasteiger partial charge in [-0.3, -0.25) is 0 Å². The lowest BCUT2D eigenvalue weighted by molar-refractivity contribution is 0.234. The summed E-state index contributed by atoms with van der Waals surface area (Å²) in [4.78, 5) is 4.28. The molecule has 0 aliphatic heterocycles. The first-order valence-corrected chi connectivity index (χ1v) is 6.60. The number of hydrogen-bond acceptors (Lipinski definition) is 3. The van der Waals surface area contributed by atoms with Gasteiger partial charge < -0.3 is 10.1 Å². The van der Waals surface area contributed by atoms with Crippen molar-refractivity contribution in [3.63, 3.8) is 0 Å². The summed E-state index contributed by atoms with van der Waals surface area (Å²) in [7, 11) is 0. The van der Waals surface area contributed by atoms with E-state index in [9.17, 15) is 0 Å². The largest absolute Gasteiger partial charge is 0.473 e. The average molecular weight is 256 g/mol. The highest BCUT2D eigenvalue weighted by Crippen LogP contribution is 2.26. The zero-order valence-corrected chi connectivity index (χ0v) is 11.6. The minimum absolute atomic E-state index is 0.113. The van der Waals surface area contributed by atoms with Gasteiger partial charge >= 0.3 is 0 Å². The van der Waals surface area contributed by atoms with E-state index in [1.165, 1.54) is 5.56 Å². The number of nitrogens with zero attached hydrogens (tertiary/aromatic N) is 1. The Hall–Kier alpha value is -2.03. The number of benzene rings is 1. The minimum Gasteiger partial charge on any atom is -0.473 e. The minimum atomic E-state index is 0.113. The molecule has 0 radical (unpaired) electrons. The van der Waals surface area contributed by atoms with Crippen LogP contribution in [0.1, 0.15) is 32.4 Å². The monoisotopic (exact) mass is 256 g/mol. The molecule has 0 amide bonds. The van der Waals surface area contributed by atoms with Crippen molar-refractivity contribution >= 4 is 5.69 Å². The van der Waals surface area contributed by atoms with Crippen LogP contribution in [0.2, 0.25) is 0 Å². The lowest BCUT2D eigenvalue weighted by Gasteiger charge is -2.18. The lowest BCUT2D eigenvalue weighted by atomic mass is 10.1. The standard InChI is InChI=1S/C16H20N2O/c1-12(2)19-16-15(10-7-11-17-16)18-13(3)14-8-5-4-6-9-14/h4-13,18H,1-3H3. The van der Waals surface area contributed by atoms with Gasteiger partial charge in [-0.05, 0) is 38.5 Å². The topological polar surface area (TPSA) is 34.1 Å². The SMILES string of the molecule is CC(C)Oc1ncccc1NC(C)c1ccccc1. The second-order valence-electron chi connectivity index (χ2n) is 4.80. The molecule has 0 bridgehead atoms. The molecular weight excluding hydrogens is 236 g/mol. The summed E-state index contributed by atoms with van der Waals surface area (Å²) in [5.74, 6) is 0.653. The van der Waals surface area contributed by atoms with Gasteiger partial charge in [0.2, 0.25) is 5.88 Å². The summed E-state index contributed by atoms with van der Waals surface area (Å²) in [6.45, 7) is 6.12. The molecule has 1 atom stereocenters. The van der Waals surface area contributed by atoms with E-state index in [0.717, 1.165) is 5.69 Å². The van der Waals surface area contributed by atoms with Crippen LogP contribution in [0.5, 0.6) is 5.88 Å². The van der Waals surface area contributed by atoms with Gasteiger partial charge in [-0.15, -0.1) is 0 Å². The Morgan fingerprint density at radius 3 is 2.42 bits per heavy atom. The molecule has 0 aliphatic carbocycles. The quantitative estimate of drug-likeness (QED) is 0.876. The Kier molecular flexibility index (Phi) is 4.39. The molecule has 2 rings (SSSR count). The molecule has 19 heavy (non-hydrogen) atoms. The molecule has 1 aromatic carbocycles. The van der Waals surface area contributed by atoms with Gasteiger partial charge in [0.25, 0.3) is 0 Å². The maximum Gasteiger partial charge on any atom is 0.237 e. The Morgan fingerprint density at radius 2 is 1.74 bits per heavy atom. The van der Waals surface area contributed by atoms with Gasteiger partial charge in [0.15, 0.2) is 0 Å². The van der Waals surface area contributed by atoms with Crippen LogP contribution in [0.4, 0.5) is 5.69 Å². The molecule has 3 nitrogen and oxygen atoms in total. The summed E-state index contributed by atoms with van der Waals surface area (Å²) in [5.41, 5.74) is 2.16. The highest BCUT2D eigenvalue weighted by molar-refractivity contribution is 5.53. The predicted molar refractivity (Wildman–Crippen MR) is 78.5 cm³/mol. The maximum absolute atomic E-state index is 5.71. The Balaban J connectivity index is 2.15. The van der Waals surface area contributed by atoms with E-state index in [1.54, 1.807) is 6.20 Å². The Labute approximate surface area is 114 Å². The number of rotatable bonds is 5. The van der Waals surface area contributed by atoms with Crippen molar-refractivity contribution in [2.24, 2.45) is 0 Å². The predicted octanol–water partition coefficient (Wildman–Crippen LogP) is 4.04. The molecule has 0 fully saturated rings. The van der Waals surface area contributed by atoms with Gasteiger partial charge in [-0.1, -0.05) is 30.3 Å². The first kappa shape index (κ1) is 13.4. The number of hydrogen-bond donors (Lipinski definition) is 1. The third-order valence-corrected chi connectivity index (χ3v) is 2.79. The van der Waals surface area contributed by atoms with Crippen LogP contribution in [0, 0.1) is 0 Å². The smallest absolute Gasteiger partial charge is 0.237 e. The zero-order chi connectivity index (χ0) is 13.7. The summed E-state index contributed by atoms with van der Waals surface area (Å²) in [5, 5.41) is 3.44. The summed E-state index contributed by atoms with van der Waals surface area (Å²) < 4.78 is 5.71. The number of pyridine rings is 1. The fraction of sp³-hybridized carbons (Fsp3) is 0.312. The number of aromatic nitrogens is 1. The maximum atomic E-state index is 5.71. The molecule has 1 aromatic heterocycles. The Bertz CT molecular complexity index is 511. The highest BCUT2D eigenvalue weighted by atomic mass is 16.5. The fourth-order valence-corrected chi connectivity index (χ4v) is 1.88. The second kappa shape index (κ2) is 6.23. The van der Waals surface area contributed by atoms with Gasteiger partial charge in [0, 0.05) is 12.2 Å². The molecular formula is C16H20N2O. The van der Waals surface area contributed by atoms with E-state index in [1.807, 2.05) is 44.2 Å². The van der Waals surface area contributed by atoms with Crippen LogP contribution in [0.25, 0.3) is 0 Å². The van der Waals surface area contributed by atoms with Gasteiger partial charge in [0.1, 0.15) is 0 Å². The van der Waals surface area contributed by atoms with Crippen molar-refractivity contribution < 1.29 is 4.74 Å². The van der Waals surface area contributed by atoms with E-state index >= 15 is 0 Å². The van der Waals surface area contributed by atoms with E-state index < -0.39 is 0 Å². The van der Waals surface area contributed by atoms with Crippen LogP contribution in [0.15, 0.2) is 48.7 Å². The van der Waals surface area contributed by atoms with Crippen molar-refractivity contribution in [2.75, 3.05) is 5.32 Å². The highest BCUT2D eigenvalue weighted by Gasteiger charge is 2.10. The molecule has 0 saturated carbocycles. The van der Waals surface area contributed by atoms with E-state index in [0.29, 0.717) is 5.88 Å².